The molecule has 0 aliphatic heterocycles. The molecule has 24 heavy (non-hydrogen) atoms. The lowest BCUT2D eigenvalue weighted by Gasteiger charge is -2.30. The maximum atomic E-state index is 12.7. The third-order valence-electron chi connectivity index (χ3n) is 3.80. The van der Waals surface area contributed by atoms with Crippen LogP contribution in [0, 0.1) is 12.8 Å². The predicted molar refractivity (Wildman–Crippen MR) is 97.5 cm³/mol. The number of aryl methyl sites for hydroxylation is 1. The van der Waals surface area contributed by atoms with Crippen molar-refractivity contribution in [1.82, 2.24) is 4.98 Å². The number of hydrogen-bond acceptors (Lipinski definition) is 4. The number of carbonyl (C=O) groups is 1. The molecule has 1 atom stereocenters. The molecule has 5 nitrogen and oxygen atoms in total. The molecule has 0 fully saturated rings. The zero-order valence-electron chi connectivity index (χ0n) is 15.9. The van der Waals surface area contributed by atoms with Gasteiger partial charge in [0, 0.05) is 12.7 Å². The first-order valence-corrected chi connectivity index (χ1v) is 8.88. The number of anilines is 1. The smallest absolute Gasteiger partial charge is 0.256 e. The fourth-order valence-corrected chi connectivity index (χ4v) is 2.64. The number of carbonyl (C=O) groups excluding carboxylic acids is 1. The van der Waals surface area contributed by atoms with Crippen molar-refractivity contribution >= 4 is 11.6 Å². The molecule has 1 aromatic rings. The van der Waals surface area contributed by atoms with E-state index < -0.39 is 5.60 Å². The molecule has 5 heteroatoms. The maximum Gasteiger partial charge on any atom is 0.256 e. The van der Waals surface area contributed by atoms with Gasteiger partial charge in [-0.3, -0.25) is 4.79 Å². The van der Waals surface area contributed by atoms with Gasteiger partial charge in [0.2, 0.25) is 5.88 Å². The molecule has 136 valence electrons. The monoisotopic (exact) mass is 336 g/mol. The molecule has 0 bridgehead atoms. The highest BCUT2D eigenvalue weighted by Gasteiger charge is 2.35. The average Bonchev–Trinajstić information content (AvgIpc) is 2.49. The molecule has 0 aliphatic carbocycles. The summed E-state index contributed by atoms with van der Waals surface area (Å²) < 4.78 is 11.3. The molecule has 0 saturated heterocycles. The Labute approximate surface area is 146 Å². The summed E-state index contributed by atoms with van der Waals surface area (Å²) in [6.07, 6.45) is 2.75. The Kier molecular flexibility index (Phi) is 8.19. The SMILES string of the molecule is CCCCOc1ccc(NC(=O)C(C)(CC(C)C)OCC)c(C)n1. The second-order valence-electron chi connectivity index (χ2n) is 6.70. The number of nitrogens with one attached hydrogen (secondary N) is 1. The predicted octanol–water partition coefficient (Wildman–Crippen LogP) is 4.35. The molecule has 1 heterocycles. The fourth-order valence-electron chi connectivity index (χ4n) is 2.64. The summed E-state index contributed by atoms with van der Waals surface area (Å²) in [7, 11) is 0. The molecule has 1 aromatic heterocycles. The molecular formula is C19H32N2O3. The lowest BCUT2D eigenvalue weighted by molar-refractivity contribution is -0.140. The summed E-state index contributed by atoms with van der Waals surface area (Å²) in [6.45, 7) is 13.1. The van der Waals surface area contributed by atoms with Gasteiger partial charge in [-0.15, -0.1) is 0 Å². The number of nitrogens with zero attached hydrogens (tertiary/aromatic N) is 1. The van der Waals surface area contributed by atoms with Crippen LogP contribution in [0.15, 0.2) is 12.1 Å². The van der Waals surface area contributed by atoms with Gasteiger partial charge in [0.1, 0.15) is 5.60 Å². The van der Waals surface area contributed by atoms with Crippen LogP contribution in [0.3, 0.4) is 0 Å². The van der Waals surface area contributed by atoms with E-state index in [4.69, 9.17) is 9.47 Å². The molecule has 0 radical (unpaired) electrons. The van der Waals surface area contributed by atoms with E-state index in [2.05, 4.69) is 31.1 Å². The minimum atomic E-state index is -0.842. The standard InChI is InChI=1S/C19H32N2O3/c1-7-9-12-23-17-11-10-16(15(5)20-17)21-18(22)19(6,24-8-2)13-14(3)4/h10-11,14H,7-9,12-13H2,1-6H3,(H,21,22). The van der Waals surface area contributed by atoms with Gasteiger partial charge in [-0.1, -0.05) is 27.2 Å². The van der Waals surface area contributed by atoms with Crippen LogP contribution < -0.4 is 10.1 Å². The van der Waals surface area contributed by atoms with Crippen LogP contribution in [0.1, 0.15) is 59.6 Å². The highest BCUT2D eigenvalue weighted by molar-refractivity contribution is 5.97. The lowest BCUT2D eigenvalue weighted by Crippen LogP contribution is -2.44. The molecule has 1 N–H and O–H groups in total. The maximum absolute atomic E-state index is 12.7. The zero-order valence-corrected chi connectivity index (χ0v) is 15.9. The van der Waals surface area contributed by atoms with Crippen molar-refractivity contribution in [2.24, 2.45) is 5.92 Å². The van der Waals surface area contributed by atoms with Crippen molar-refractivity contribution in [3.8, 4) is 5.88 Å². The number of unbranched alkanes of at least 4 members (excludes halogenated alkanes) is 1. The Hall–Kier alpha value is -1.62. The van der Waals surface area contributed by atoms with Gasteiger partial charge in [0.25, 0.3) is 5.91 Å². The van der Waals surface area contributed by atoms with Crippen LogP contribution in [0.5, 0.6) is 5.88 Å². The summed E-state index contributed by atoms with van der Waals surface area (Å²) in [5, 5.41) is 2.95. The van der Waals surface area contributed by atoms with E-state index in [0.717, 1.165) is 18.5 Å². The second-order valence-corrected chi connectivity index (χ2v) is 6.70. The second kappa shape index (κ2) is 9.62. The average molecular weight is 336 g/mol. The summed E-state index contributed by atoms with van der Waals surface area (Å²) in [5.41, 5.74) is 0.587. The van der Waals surface area contributed by atoms with Crippen molar-refractivity contribution < 1.29 is 14.3 Å². The van der Waals surface area contributed by atoms with Crippen LogP contribution in [-0.2, 0) is 9.53 Å². The molecule has 1 rings (SSSR count). The van der Waals surface area contributed by atoms with Crippen LogP contribution in [0.2, 0.25) is 0 Å². The Morgan fingerprint density at radius 1 is 1.33 bits per heavy atom. The summed E-state index contributed by atoms with van der Waals surface area (Å²) in [6, 6.07) is 3.63. The fraction of sp³-hybridized carbons (Fsp3) is 0.684. The van der Waals surface area contributed by atoms with Gasteiger partial charge < -0.3 is 14.8 Å². The van der Waals surface area contributed by atoms with Gasteiger partial charge in [-0.25, -0.2) is 4.98 Å². The summed E-state index contributed by atoms with van der Waals surface area (Å²) >= 11 is 0. The molecular weight excluding hydrogens is 304 g/mol. The number of hydrogen-bond donors (Lipinski definition) is 1. The summed E-state index contributed by atoms with van der Waals surface area (Å²) in [4.78, 5) is 17.1. The third-order valence-corrected chi connectivity index (χ3v) is 3.80. The summed E-state index contributed by atoms with van der Waals surface area (Å²) in [5.74, 6) is 0.817. The number of amides is 1. The number of aromatic nitrogens is 1. The molecule has 1 unspecified atom stereocenters. The van der Waals surface area contributed by atoms with Crippen LogP contribution in [-0.4, -0.2) is 29.7 Å². The van der Waals surface area contributed by atoms with E-state index in [1.54, 1.807) is 6.07 Å². The topological polar surface area (TPSA) is 60.5 Å². The molecule has 0 spiro atoms. The minimum absolute atomic E-state index is 0.136. The van der Waals surface area contributed by atoms with E-state index in [0.29, 0.717) is 37.1 Å². The van der Waals surface area contributed by atoms with E-state index in [-0.39, 0.29) is 5.91 Å². The highest BCUT2D eigenvalue weighted by Crippen LogP contribution is 2.25. The van der Waals surface area contributed by atoms with Gasteiger partial charge in [-0.05, 0) is 45.6 Å². The number of pyridine rings is 1. The van der Waals surface area contributed by atoms with Gasteiger partial charge >= 0.3 is 0 Å². The Bertz CT molecular complexity index is 531. The van der Waals surface area contributed by atoms with E-state index in [9.17, 15) is 4.79 Å². The molecule has 0 aliphatic rings. The first-order valence-electron chi connectivity index (χ1n) is 8.88. The number of rotatable bonds is 10. The quantitative estimate of drug-likeness (QED) is 0.645. The number of ether oxygens (including phenoxy) is 2. The van der Waals surface area contributed by atoms with E-state index >= 15 is 0 Å². The van der Waals surface area contributed by atoms with E-state index in [1.165, 1.54) is 0 Å². The molecule has 0 saturated carbocycles. The largest absolute Gasteiger partial charge is 0.478 e. The Balaban J connectivity index is 2.81. The van der Waals surface area contributed by atoms with Gasteiger partial charge in [0.15, 0.2) is 0 Å². The minimum Gasteiger partial charge on any atom is -0.478 e. The lowest BCUT2D eigenvalue weighted by atomic mass is 9.93. The Morgan fingerprint density at radius 2 is 2.04 bits per heavy atom. The third kappa shape index (κ3) is 6.11. The van der Waals surface area contributed by atoms with Crippen LogP contribution in [0.4, 0.5) is 5.69 Å². The molecule has 1 amide bonds. The Morgan fingerprint density at radius 3 is 2.58 bits per heavy atom. The molecule has 0 aromatic carbocycles. The van der Waals surface area contributed by atoms with Crippen molar-refractivity contribution in [3.05, 3.63) is 17.8 Å². The normalized spacial score (nSPS) is 13.6. The first kappa shape index (κ1) is 20.4. The van der Waals surface area contributed by atoms with Crippen molar-refractivity contribution in [3.63, 3.8) is 0 Å². The van der Waals surface area contributed by atoms with Crippen molar-refractivity contribution in [2.75, 3.05) is 18.5 Å². The van der Waals surface area contributed by atoms with Crippen molar-refractivity contribution in [2.45, 2.75) is 66.4 Å². The van der Waals surface area contributed by atoms with E-state index in [1.807, 2.05) is 26.8 Å². The van der Waals surface area contributed by atoms with Crippen molar-refractivity contribution in [1.29, 1.82) is 0 Å². The first-order chi connectivity index (χ1) is 11.3. The highest BCUT2D eigenvalue weighted by atomic mass is 16.5. The van der Waals surface area contributed by atoms with Gasteiger partial charge in [0.05, 0.1) is 18.0 Å². The van der Waals surface area contributed by atoms with Crippen LogP contribution >= 0.6 is 0 Å². The zero-order chi connectivity index (χ0) is 18.2. The van der Waals surface area contributed by atoms with Gasteiger partial charge in [-0.2, -0.15) is 0 Å². The van der Waals surface area contributed by atoms with Crippen LogP contribution in [0.25, 0.3) is 0 Å².